The highest BCUT2D eigenvalue weighted by Crippen LogP contribution is 2.25. The zero-order valence-corrected chi connectivity index (χ0v) is 10.5. The molecule has 1 aromatic heterocycles. The van der Waals surface area contributed by atoms with Gasteiger partial charge in [0.25, 0.3) is 0 Å². The summed E-state index contributed by atoms with van der Waals surface area (Å²) in [5.74, 6) is 0.746. The number of para-hydroxylation sites is 2. The fourth-order valence-electron chi connectivity index (χ4n) is 2.06. The molecule has 0 spiro atoms. The minimum Gasteiger partial charge on any atom is -0.391 e. The average molecular weight is 233 g/mol. The summed E-state index contributed by atoms with van der Waals surface area (Å²) in [6.07, 6.45) is -0.607. The second-order valence-electron chi connectivity index (χ2n) is 4.69. The number of hydrogen-bond acceptors (Lipinski definition) is 3. The Morgan fingerprint density at radius 3 is 2.47 bits per heavy atom. The first-order valence-electron chi connectivity index (χ1n) is 5.93. The van der Waals surface area contributed by atoms with Crippen molar-refractivity contribution in [3.8, 4) is 0 Å². The van der Waals surface area contributed by atoms with Gasteiger partial charge in [-0.05, 0) is 32.9 Å². The molecule has 2 unspecified atom stereocenters. The van der Waals surface area contributed by atoms with Crippen molar-refractivity contribution in [2.75, 3.05) is 0 Å². The van der Waals surface area contributed by atoms with E-state index in [4.69, 9.17) is 5.73 Å². The first kappa shape index (κ1) is 12.1. The van der Waals surface area contributed by atoms with E-state index in [-0.39, 0.29) is 6.04 Å². The van der Waals surface area contributed by atoms with Gasteiger partial charge >= 0.3 is 0 Å². The molecule has 0 aliphatic rings. The SMILES string of the molecule is CC(O)C(N)c1nc2ccccc2n1C(C)C. The highest BCUT2D eigenvalue weighted by Gasteiger charge is 2.21. The molecule has 0 fully saturated rings. The van der Waals surface area contributed by atoms with E-state index in [9.17, 15) is 5.11 Å². The van der Waals surface area contributed by atoms with Crippen LogP contribution in [0.4, 0.5) is 0 Å². The molecular weight excluding hydrogens is 214 g/mol. The molecular formula is C13H19N3O. The Morgan fingerprint density at radius 2 is 1.88 bits per heavy atom. The van der Waals surface area contributed by atoms with Crippen LogP contribution < -0.4 is 5.73 Å². The van der Waals surface area contributed by atoms with Crippen LogP contribution in [-0.2, 0) is 0 Å². The van der Waals surface area contributed by atoms with Crippen molar-refractivity contribution in [1.82, 2.24) is 9.55 Å². The quantitative estimate of drug-likeness (QED) is 0.852. The summed E-state index contributed by atoms with van der Waals surface area (Å²) < 4.78 is 2.09. The van der Waals surface area contributed by atoms with Crippen LogP contribution >= 0.6 is 0 Å². The first-order valence-corrected chi connectivity index (χ1v) is 5.93. The number of benzene rings is 1. The number of nitrogens with two attached hydrogens (primary N) is 1. The number of rotatable bonds is 3. The van der Waals surface area contributed by atoms with Crippen LogP contribution in [0.3, 0.4) is 0 Å². The van der Waals surface area contributed by atoms with Crippen molar-refractivity contribution in [1.29, 1.82) is 0 Å². The molecule has 92 valence electrons. The molecule has 2 atom stereocenters. The Hall–Kier alpha value is -1.39. The molecule has 0 radical (unpaired) electrons. The van der Waals surface area contributed by atoms with Gasteiger partial charge < -0.3 is 15.4 Å². The normalized spacial score (nSPS) is 15.4. The molecule has 2 aromatic rings. The summed E-state index contributed by atoms with van der Waals surface area (Å²) in [6, 6.07) is 7.75. The van der Waals surface area contributed by atoms with E-state index in [0.29, 0.717) is 0 Å². The van der Waals surface area contributed by atoms with E-state index in [1.165, 1.54) is 0 Å². The maximum absolute atomic E-state index is 9.63. The van der Waals surface area contributed by atoms with Crippen LogP contribution in [0.2, 0.25) is 0 Å². The van der Waals surface area contributed by atoms with Crippen molar-refractivity contribution in [2.45, 2.75) is 39.0 Å². The maximum atomic E-state index is 9.63. The summed E-state index contributed by atoms with van der Waals surface area (Å²) in [4.78, 5) is 4.53. The Kier molecular flexibility index (Phi) is 3.17. The fraction of sp³-hybridized carbons (Fsp3) is 0.462. The Morgan fingerprint density at radius 1 is 1.24 bits per heavy atom. The third kappa shape index (κ3) is 2.06. The highest BCUT2D eigenvalue weighted by molar-refractivity contribution is 5.76. The molecule has 0 saturated heterocycles. The standard InChI is InChI=1S/C13H19N3O/c1-8(2)16-11-7-5-4-6-10(11)15-13(16)12(14)9(3)17/h4-9,12,17H,14H2,1-3H3. The van der Waals surface area contributed by atoms with E-state index in [2.05, 4.69) is 23.4 Å². The molecule has 0 saturated carbocycles. The van der Waals surface area contributed by atoms with E-state index in [1.807, 2.05) is 24.3 Å². The lowest BCUT2D eigenvalue weighted by Crippen LogP contribution is -2.27. The van der Waals surface area contributed by atoms with Crippen molar-refractivity contribution >= 4 is 11.0 Å². The molecule has 0 amide bonds. The number of fused-ring (bicyclic) bond motifs is 1. The highest BCUT2D eigenvalue weighted by atomic mass is 16.3. The lowest BCUT2D eigenvalue weighted by Gasteiger charge is -2.19. The number of nitrogens with zero attached hydrogens (tertiary/aromatic N) is 2. The Bertz CT molecular complexity index is 516. The number of aliphatic hydroxyl groups is 1. The predicted molar refractivity (Wildman–Crippen MR) is 68.7 cm³/mol. The van der Waals surface area contributed by atoms with Crippen LogP contribution in [0.25, 0.3) is 11.0 Å². The summed E-state index contributed by atoms with van der Waals surface area (Å²) in [7, 11) is 0. The molecule has 0 bridgehead atoms. The Balaban J connectivity index is 2.66. The van der Waals surface area contributed by atoms with E-state index < -0.39 is 12.1 Å². The lowest BCUT2D eigenvalue weighted by atomic mass is 10.2. The van der Waals surface area contributed by atoms with Gasteiger partial charge in [0, 0.05) is 6.04 Å². The minimum atomic E-state index is -0.607. The van der Waals surface area contributed by atoms with Gasteiger partial charge in [-0.2, -0.15) is 0 Å². The average Bonchev–Trinajstić information content (AvgIpc) is 2.66. The topological polar surface area (TPSA) is 64.1 Å². The van der Waals surface area contributed by atoms with E-state index in [1.54, 1.807) is 6.92 Å². The molecule has 3 N–H and O–H groups in total. The van der Waals surface area contributed by atoms with E-state index in [0.717, 1.165) is 16.9 Å². The second-order valence-corrected chi connectivity index (χ2v) is 4.69. The van der Waals surface area contributed by atoms with Gasteiger partial charge in [0.15, 0.2) is 0 Å². The van der Waals surface area contributed by atoms with Crippen LogP contribution in [0, 0.1) is 0 Å². The largest absolute Gasteiger partial charge is 0.391 e. The van der Waals surface area contributed by atoms with Crippen molar-refractivity contribution < 1.29 is 5.11 Å². The zero-order valence-electron chi connectivity index (χ0n) is 10.5. The van der Waals surface area contributed by atoms with Gasteiger partial charge in [0.2, 0.25) is 0 Å². The van der Waals surface area contributed by atoms with Gasteiger partial charge in [0.05, 0.1) is 23.2 Å². The van der Waals surface area contributed by atoms with Gasteiger partial charge in [0.1, 0.15) is 5.82 Å². The minimum absolute atomic E-state index is 0.266. The molecule has 1 aromatic carbocycles. The smallest absolute Gasteiger partial charge is 0.129 e. The van der Waals surface area contributed by atoms with Crippen LogP contribution in [0.5, 0.6) is 0 Å². The number of aromatic nitrogens is 2. The monoisotopic (exact) mass is 233 g/mol. The summed E-state index contributed by atoms with van der Waals surface area (Å²) in [5.41, 5.74) is 7.99. The van der Waals surface area contributed by atoms with Gasteiger partial charge in [-0.15, -0.1) is 0 Å². The maximum Gasteiger partial charge on any atom is 0.129 e. The van der Waals surface area contributed by atoms with E-state index >= 15 is 0 Å². The zero-order chi connectivity index (χ0) is 12.6. The number of hydrogen-bond donors (Lipinski definition) is 2. The van der Waals surface area contributed by atoms with Gasteiger partial charge in [-0.25, -0.2) is 4.98 Å². The predicted octanol–water partition coefficient (Wildman–Crippen LogP) is 2.00. The summed E-state index contributed by atoms with van der Waals surface area (Å²) in [5, 5.41) is 9.63. The molecule has 1 heterocycles. The summed E-state index contributed by atoms with van der Waals surface area (Å²) >= 11 is 0. The third-order valence-electron chi connectivity index (χ3n) is 2.96. The van der Waals surface area contributed by atoms with Crippen molar-refractivity contribution in [3.05, 3.63) is 30.1 Å². The molecule has 0 aliphatic carbocycles. The van der Waals surface area contributed by atoms with Crippen molar-refractivity contribution in [2.24, 2.45) is 5.73 Å². The number of imidazole rings is 1. The van der Waals surface area contributed by atoms with Crippen LogP contribution in [-0.4, -0.2) is 20.8 Å². The van der Waals surface area contributed by atoms with Gasteiger partial charge in [-0.1, -0.05) is 12.1 Å². The molecule has 4 nitrogen and oxygen atoms in total. The molecule has 17 heavy (non-hydrogen) atoms. The molecule has 2 rings (SSSR count). The van der Waals surface area contributed by atoms with Crippen LogP contribution in [0.1, 0.15) is 38.7 Å². The molecule has 0 aliphatic heterocycles. The van der Waals surface area contributed by atoms with Crippen LogP contribution in [0.15, 0.2) is 24.3 Å². The number of aliphatic hydroxyl groups excluding tert-OH is 1. The Labute approximate surface area is 101 Å². The lowest BCUT2D eigenvalue weighted by molar-refractivity contribution is 0.158. The van der Waals surface area contributed by atoms with Crippen molar-refractivity contribution in [3.63, 3.8) is 0 Å². The third-order valence-corrected chi connectivity index (χ3v) is 2.96. The summed E-state index contributed by atoms with van der Waals surface area (Å²) in [6.45, 7) is 5.87. The first-order chi connectivity index (χ1) is 8.02. The second kappa shape index (κ2) is 4.47. The molecule has 4 heteroatoms. The van der Waals surface area contributed by atoms with Gasteiger partial charge in [-0.3, -0.25) is 0 Å². The fourth-order valence-corrected chi connectivity index (χ4v) is 2.06.